The van der Waals surface area contributed by atoms with Gasteiger partial charge in [0.1, 0.15) is 5.75 Å². The molecule has 0 aromatic heterocycles. The number of sulfone groups is 1. The number of hydrogen-bond donors (Lipinski definition) is 0. The molecule has 4 rings (SSSR count). The molecule has 6 nitrogen and oxygen atoms in total. The molecule has 2 aliphatic heterocycles. The number of carbonyl (C=O) groups excluding carboxylic acids is 1. The smallest absolute Gasteiger partial charge is 0.248 e. The van der Waals surface area contributed by atoms with Crippen LogP contribution in [0.15, 0.2) is 23.2 Å². The van der Waals surface area contributed by atoms with Gasteiger partial charge in [-0.05, 0) is 30.5 Å². The highest BCUT2D eigenvalue weighted by Gasteiger charge is 2.50. The van der Waals surface area contributed by atoms with E-state index in [1.54, 1.807) is 25.3 Å². The van der Waals surface area contributed by atoms with Crippen molar-refractivity contribution in [3.8, 4) is 5.75 Å². The van der Waals surface area contributed by atoms with Crippen molar-refractivity contribution >= 4 is 50.0 Å². The lowest BCUT2D eigenvalue weighted by atomic mass is 10.0. The van der Waals surface area contributed by atoms with E-state index in [4.69, 9.17) is 16.3 Å². The number of carbonyl (C=O) groups is 1. The molecule has 0 N–H and O–H groups in total. The minimum atomic E-state index is -3.13. The molecule has 9 heteroatoms. The van der Waals surface area contributed by atoms with E-state index in [1.807, 2.05) is 4.90 Å². The molecule has 2 saturated heterocycles. The molecule has 1 saturated carbocycles. The van der Waals surface area contributed by atoms with Gasteiger partial charge in [-0.15, -0.1) is 0 Å². The summed E-state index contributed by atoms with van der Waals surface area (Å²) in [5, 5.41) is 0.916. The van der Waals surface area contributed by atoms with E-state index in [2.05, 4.69) is 4.99 Å². The Balaban J connectivity index is 1.62. The fraction of sp³-hybridized carbons (Fsp3) is 0.600. The first-order chi connectivity index (χ1) is 13.9. The minimum absolute atomic E-state index is 0.0373. The Morgan fingerprint density at radius 1 is 1.31 bits per heavy atom. The van der Waals surface area contributed by atoms with Gasteiger partial charge in [0, 0.05) is 16.7 Å². The Morgan fingerprint density at radius 3 is 2.79 bits per heavy atom. The van der Waals surface area contributed by atoms with E-state index in [1.165, 1.54) is 37.4 Å². The molecule has 29 heavy (non-hydrogen) atoms. The number of amidine groups is 1. The van der Waals surface area contributed by atoms with E-state index in [-0.39, 0.29) is 28.7 Å². The van der Waals surface area contributed by atoms with Crippen molar-refractivity contribution in [3.63, 3.8) is 0 Å². The predicted molar refractivity (Wildman–Crippen MR) is 118 cm³/mol. The highest BCUT2D eigenvalue weighted by Crippen LogP contribution is 2.44. The van der Waals surface area contributed by atoms with Gasteiger partial charge in [-0.2, -0.15) is 4.99 Å². The average molecular weight is 457 g/mol. The van der Waals surface area contributed by atoms with Gasteiger partial charge < -0.3 is 9.64 Å². The number of thioether (sulfide) groups is 1. The van der Waals surface area contributed by atoms with Crippen molar-refractivity contribution in [2.24, 2.45) is 10.9 Å². The molecular formula is C20H25ClN2O4S2. The predicted octanol–water partition coefficient (Wildman–Crippen LogP) is 3.92. The van der Waals surface area contributed by atoms with Gasteiger partial charge in [0.05, 0.1) is 30.3 Å². The molecule has 1 aliphatic carbocycles. The zero-order chi connectivity index (χ0) is 20.6. The fourth-order valence-electron chi connectivity index (χ4n) is 4.49. The van der Waals surface area contributed by atoms with Crippen LogP contribution in [0.5, 0.6) is 5.75 Å². The third-order valence-corrected chi connectivity index (χ3v) is 9.37. The van der Waals surface area contributed by atoms with Crippen molar-refractivity contribution in [2.45, 2.75) is 49.8 Å². The van der Waals surface area contributed by atoms with Crippen LogP contribution in [-0.4, -0.2) is 49.4 Å². The normalized spacial score (nSPS) is 27.5. The molecule has 0 bridgehead atoms. The number of aliphatic imine (C=N–C) groups is 1. The van der Waals surface area contributed by atoms with Crippen LogP contribution in [0.4, 0.5) is 5.69 Å². The topological polar surface area (TPSA) is 76.0 Å². The van der Waals surface area contributed by atoms with Crippen molar-refractivity contribution < 1.29 is 17.9 Å². The number of rotatable bonds is 5. The lowest BCUT2D eigenvalue weighted by molar-refractivity contribution is -0.118. The Morgan fingerprint density at radius 2 is 2.07 bits per heavy atom. The zero-order valence-corrected chi connectivity index (χ0v) is 18.7. The van der Waals surface area contributed by atoms with Gasteiger partial charge in [0.15, 0.2) is 15.0 Å². The first-order valence-electron chi connectivity index (χ1n) is 9.97. The molecule has 3 fully saturated rings. The summed E-state index contributed by atoms with van der Waals surface area (Å²) in [6, 6.07) is 4.93. The molecule has 0 spiro atoms. The van der Waals surface area contributed by atoms with E-state index in [0.29, 0.717) is 34.0 Å². The number of methoxy groups -OCH3 is 1. The quantitative estimate of drug-likeness (QED) is 0.668. The second-order valence-corrected chi connectivity index (χ2v) is 11.8. The number of hydrogen-bond acceptors (Lipinski definition) is 5. The number of benzene rings is 1. The third-order valence-electron chi connectivity index (χ3n) is 5.93. The molecule has 1 aromatic rings. The van der Waals surface area contributed by atoms with E-state index >= 15 is 0 Å². The lowest BCUT2D eigenvalue weighted by Gasteiger charge is -2.26. The van der Waals surface area contributed by atoms with Crippen molar-refractivity contribution in [1.29, 1.82) is 0 Å². The number of ether oxygens (including phenoxy) is 1. The number of amides is 1. The van der Waals surface area contributed by atoms with Gasteiger partial charge in [0.2, 0.25) is 5.91 Å². The van der Waals surface area contributed by atoms with Gasteiger partial charge in [0.25, 0.3) is 0 Å². The van der Waals surface area contributed by atoms with Crippen molar-refractivity contribution in [3.05, 3.63) is 23.2 Å². The van der Waals surface area contributed by atoms with Crippen LogP contribution in [0, 0.1) is 5.92 Å². The Kier molecular flexibility index (Phi) is 6.14. The lowest BCUT2D eigenvalue weighted by Crippen LogP contribution is -2.38. The van der Waals surface area contributed by atoms with Crippen LogP contribution in [0.25, 0.3) is 0 Å². The SMILES string of the molecule is COc1ccc(Cl)cc1N1C(=NC(=O)CCC2CCCC2)SC2CS(=O)(=O)CC21. The minimum Gasteiger partial charge on any atom is -0.495 e. The molecule has 158 valence electrons. The summed E-state index contributed by atoms with van der Waals surface area (Å²) in [5.74, 6) is 1.19. The summed E-state index contributed by atoms with van der Waals surface area (Å²) in [5.41, 5.74) is 0.652. The summed E-state index contributed by atoms with van der Waals surface area (Å²) in [6.07, 6.45) is 6.22. The summed E-state index contributed by atoms with van der Waals surface area (Å²) >= 11 is 7.59. The number of halogens is 1. The third kappa shape index (κ3) is 4.59. The monoisotopic (exact) mass is 456 g/mol. The Labute approximate surface area is 181 Å². The number of anilines is 1. The number of fused-ring (bicyclic) bond motifs is 1. The van der Waals surface area contributed by atoms with Gasteiger partial charge in [-0.3, -0.25) is 4.79 Å². The number of nitrogens with zero attached hydrogens (tertiary/aromatic N) is 2. The molecule has 3 aliphatic rings. The Hall–Kier alpha value is -1.25. The molecule has 2 atom stereocenters. The van der Waals surface area contributed by atoms with Crippen LogP contribution in [0.1, 0.15) is 38.5 Å². The molecular weight excluding hydrogens is 432 g/mol. The van der Waals surface area contributed by atoms with Gasteiger partial charge in [-0.25, -0.2) is 8.42 Å². The maximum atomic E-state index is 12.6. The van der Waals surface area contributed by atoms with E-state index in [9.17, 15) is 13.2 Å². The highest BCUT2D eigenvalue weighted by atomic mass is 35.5. The molecule has 1 amide bonds. The second-order valence-electron chi connectivity index (χ2n) is 7.96. The van der Waals surface area contributed by atoms with Crippen LogP contribution >= 0.6 is 23.4 Å². The highest BCUT2D eigenvalue weighted by molar-refractivity contribution is 8.16. The largest absolute Gasteiger partial charge is 0.495 e. The van der Waals surface area contributed by atoms with E-state index in [0.717, 1.165) is 6.42 Å². The molecule has 0 radical (unpaired) electrons. The summed E-state index contributed by atoms with van der Waals surface area (Å²) < 4.78 is 29.9. The van der Waals surface area contributed by atoms with Crippen molar-refractivity contribution in [1.82, 2.24) is 0 Å². The van der Waals surface area contributed by atoms with Crippen LogP contribution in [0.3, 0.4) is 0 Å². The van der Waals surface area contributed by atoms with Crippen LogP contribution in [0.2, 0.25) is 5.02 Å². The average Bonchev–Trinajstić information content (AvgIpc) is 3.34. The van der Waals surface area contributed by atoms with Crippen LogP contribution in [-0.2, 0) is 14.6 Å². The maximum Gasteiger partial charge on any atom is 0.248 e. The van der Waals surface area contributed by atoms with Crippen LogP contribution < -0.4 is 9.64 Å². The summed E-state index contributed by atoms with van der Waals surface area (Å²) in [7, 11) is -1.57. The molecule has 2 unspecified atom stereocenters. The maximum absolute atomic E-state index is 12.6. The first-order valence-corrected chi connectivity index (χ1v) is 13.1. The summed E-state index contributed by atoms with van der Waals surface area (Å²) in [4.78, 5) is 18.8. The summed E-state index contributed by atoms with van der Waals surface area (Å²) in [6.45, 7) is 0. The van der Waals surface area contributed by atoms with E-state index < -0.39 is 9.84 Å². The second kappa shape index (κ2) is 8.47. The van der Waals surface area contributed by atoms with Gasteiger partial charge >= 0.3 is 0 Å². The van der Waals surface area contributed by atoms with Crippen molar-refractivity contribution in [2.75, 3.05) is 23.5 Å². The van der Waals surface area contributed by atoms with Gasteiger partial charge in [-0.1, -0.05) is 49.0 Å². The zero-order valence-electron chi connectivity index (χ0n) is 16.3. The first kappa shape index (κ1) is 21.0. The fourth-order valence-corrected chi connectivity index (χ4v) is 8.58. The molecule has 1 aromatic carbocycles. The standard InChI is InChI=1S/C20H25ClN2O4S2/c1-27-17-8-7-14(21)10-15(17)23-16-11-29(25,26)12-18(16)28-20(23)22-19(24)9-6-13-4-2-3-5-13/h7-8,10,13,16,18H,2-6,9,11-12H2,1H3. The molecule has 2 heterocycles. The Bertz CT molecular complexity index is 928.